The predicted molar refractivity (Wildman–Crippen MR) is 97.5 cm³/mol. The smallest absolute Gasteiger partial charge is 0.187 e. The van der Waals surface area contributed by atoms with E-state index in [9.17, 15) is 0 Å². The van der Waals surface area contributed by atoms with E-state index in [-0.39, 0.29) is 0 Å². The Morgan fingerprint density at radius 3 is 2.89 bits per heavy atom. The summed E-state index contributed by atoms with van der Waals surface area (Å²) in [5.74, 6) is 0. The van der Waals surface area contributed by atoms with E-state index in [1.807, 2.05) is 25.2 Å². The van der Waals surface area contributed by atoms with Crippen molar-refractivity contribution in [1.82, 2.24) is 10.3 Å². The lowest BCUT2D eigenvalue weighted by Crippen LogP contribution is -2.31. The van der Waals surface area contributed by atoms with Crippen molar-refractivity contribution in [3.05, 3.63) is 40.9 Å². The Morgan fingerprint density at radius 1 is 1.42 bits per heavy atom. The van der Waals surface area contributed by atoms with E-state index in [1.165, 1.54) is 28.6 Å². The van der Waals surface area contributed by atoms with Gasteiger partial charge in [0.1, 0.15) is 0 Å². The largest absolute Gasteiger partial charge is 0.358 e. The fraction of sp³-hybridized carbons (Fsp3) is 0.357. The average Bonchev–Trinajstić information content (AvgIpc) is 2.85. The molecular formula is C14H15I2N3. The van der Waals surface area contributed by atoms with Crippen molar-refractivity contribution in [3.8, 4) is 0 Å². The van der Waals surface area contributed by atoms with Crippen LogP contribution in [0, 0.1) is 6.57 Å². The van der Waals surface area contributed by atoms with Gasteiger partial charge in [0, 0.05) is 54.5 Å². The van der Waals surface area contributed by atoms with Crippen molar-refractivity contribution in [3.63, 3.8) is 0 Å². The molecule has 1 unspecified atom stereocenters. The second-order valence-electron chi connectivity index (χ2n) is 4.65. The number of nitrogens with zero attached hydrogens (tertiary/aromatic N) is 1. The summed E-state index contributed by atoms with van der Waals surface area (Å²) in [5, 5.41) is 4.58. The zero-order valence-electron chi connectivity index (χ0n) is 10.6. The van der Waals surface area contributed by atoms with Gasteiger partial charge in [0.05, 0.1) is 6.57 Å². The lowest BCUT2D eigenvalue weighted by Gasteiger charge is -2.21. The van der Waals surface area contributed by atoms with Crippen molar-refractivity contribution >= 4 is 53.8 Å². The highest BCUT2D eigenvalue weighted by Gasteiger charge is 2.21. The quantitative estimate of drug-likeness (QED) is 0.457. The number of fused-ring (bicyclic) bond motifs is 3. The molecule has 0 fully saturated rings. The maximum atomic E-state index is 7.09. The third-order valence-electron chi connectivity index (χ3n) is 3.71. The van der Waals surface area contributed by atoms with Gasteiger partial charge < -0.3 is 10.3 Å². The van der Waals surface area contributed by atoms with Crippen LogP contribution in [0.4, 0.5) is 5.69 Å². The Kier molecular flexibility index (Phi) is 5.47. The molecule has 0 saturated heterocycles. The molecule has 0 bridgehead atoms. The number of aryl methyl sites for hydroxylation is 1. The Balaban J connectivity index is 0.000000637. The average molecular weight is 479 g/mol. The molecule has 100 valence electrons. The highest BCUT2D eigenvalue weighted by Crippen LogP contribution is 2.31. The van der Waals surface area contributed by atoms with Crippen molar-refractivity contribution in [1.29, 1.82) is 0 Å². The summed E-state index contributed by atoms with van der Waals surface area (Å²) >= 11 is 4.24. The molecule has 1 aromatic heterocycles. The first kappa shape index (κ1) is 15.1. The molecule has 3 rings (SSSR count). The molecule has 0 radical (unpaired) electrons. The van der Waals surface area contributed by atoms with Crippen LogP contribution >= 0.6 is 37.2 Å². The number of benzene rings is 1. The summed E-state index contributed by atoms with van der Waals surface area (Å²) in [5.41, 5.74) is 4.65. The first-order chi connectivity index (χ1) is 9.31. The van der Waals surface area contributed by atoms with Crippen molar-refractivity contribution in [2.24, 2.45) is 0 Å². The first-order valence-electron chi connectivity index (χ1n) is 6.14. The zero-order valence-corrected chi connectivity index (χ0v) is 14.9. The summed E-state index contributed by atoms with van der Waals surface area (Å²) in [6.45, 7) is 7.09. The number of H-pyrrole nitrogens is 1. The Morgan fingerprint density at radius 2 is 2.21 bits per heavy atom. The summed E-state index contributed by atoms with van der Waals surface area (Å²) in [6.07, 6.45) is 3.35. The molecule has 2 aromatic rings. The Hall–Kier alpha value is -0.330. The number of aromatic nitrogens is 1. The molecule has 1 aromatic carbocycles. The van der Waals surface area contributed by atoms with Crippen LogP contribution in [0.5, 0.6) is 0 Å². The van der Waals surface area contributed by atoms with Crippen LogP contribution in [0.15, 0.2) is 18.2 Å². The number of hydrogen-bond donors (Lipinski definition) is 2. The molecule has 0 spiro atoms. The van der Waals surface area contributed by atoms with Crippen molar-refractivity contribution in [2.45, 2.75) is 25.3 Å². The van der Waals surface area contributed by atoms with Gasteiger partial charge in [-0.15, -0.1) is 0 Å². The normalized spacial score (nSPS) is 17.3. The van der Waals surface area contributed by atoms with E-state index in [1.54, 1.807) is 0 Å². The highest BCUT2D eigenvalue weighted by atomic mass is 128. The maximum absolute atomic E-state index is 7.09. The molecule has 0 saturated carbocycles. The maximum Gasteiger partial charge on any atom is 0.187 e. The van der Waals surface area contributed by atoms with Gasteiger partial charge in [-0.25, -0.2) is 4.85 Å². The Bertz CT molecular complexity index is 613. The van der Waals surface area contributed by atoms with Crippen LogP contribution in [-0.2, 0) is 12.8 Å². The molecule has 5 heteroatoms. The molecule has 0 amide bonds. The molecule has 1 aliphatic carbocycles. The molecule has 19 heavy (non-hydrogen) atoms. The summed E-state index contributed by atoms with van der Waals surface area (Å²) in [4.78, 5) is 6.99. The lowest BCUT2D eigenvalue weighted by atomic mass is 9.91. The van der Waals surface area contributed by atoms with Crippen LogP contribution in [0.2, 0.25) is 0 Å². The lowest BCUT2D eigenvalue weighted by molar-refractivity contribution is 0.495. The molecule has 1 aliphatic rings. The van der Waals surface area contributed by atoms with Gasteiger partial charge in [0.25, 0.3) is 0 Å². The van der Waals surface area contributed by atoms with E-state index in [2.05, 4.69) is 52.4 Å². The van der Waals surface area contributed by atoms with Gasteiger partial charge in [-0.05, 0) is 49.4 Å². The monoisotopic (exact) mass is 479 g/mol. The van der Waals surface area contributed by atoms with E-state index in [0.29, 0.717) is 6.04 Å². The molecular weight excluding hydrogens is 464 g/mol. The number of aromatic amines is 1. The van der Waals surface area contributed by atoms with Gasteiger partial charge in [0.2, 0.25) is 0 Å². The third-order valence-corrected chi connectivity index (χ3v) is 3.71. The number of likely N-dealkylation sites (N-methyl/N-ethyl adjacent to an activating group) is 1. The minimum absolute atomic E-state index is 0.568. The minimum Gasteiger partial charge on any atom is -0.358 e. The Labute approximate surface area is 136 Å². The SMILES string of the molecule is II.[C-]#[N+]c1ccc2[nH]c3c(c2c1)CC(NC)CC3. The fourth-order valence-corrected chi connectivity index (χ4v) is 2.72. The molecule has 2 N–H and O–H groups in total. The number of nitrogens with one attached hydrogen (secondary N) is 2. The van der Waals surface area contributed by atoms with Crippen LogP contribution in [0.3, 0.4) is 0 Å². The van der Waals surface area contributed by atoms with Crippen LogP contribution in [0.25, 0.3) is 15.7 Å². The highest BCUT2D eigenvalue weighted by molar-refractivity contribution is 15.0. The summed E-state index contributed by atoms with van der Waals surface area (Å²) < 4.78 is 0. The minimum atomic E-state index is 0.568. The van der Waals surface area contributed by atoms with E-state index >= 15 is 0 Å². The van der Waals surface area contributed by atoms with Crippen molar-refractivity contribution < 1.29 is 0 Å². The number of hydrogen-bond acceptors (Lipinski definition) is 1. The molecule has 1 heterocycles. The van der Waals surface area contributed by atoms with Gasteiger partial charge in [-0.2, -0.15) is 0 Å². The van der Waals surface area contributed by atoms with Crippen molar-refractivity contribution in [2.75, 3.05) is 7.05 Å². The van der Waals surface area contributed by atoms with Crippen LogP contribution < -0.4 is 5.32 Å². The first-order valence-corrected chi connectivity index (χ1v) is 12.4. The summed E-state index contributed by atoms with van der Waals surface area (Å²) in [6, 6.07) is 6.48. The van der Waals surface area contributed by atoms with Gasteiger partial charge >= 0.3 is 0 Å². The van der Waals surface area contributed by atoms with E-state index in [4.69, 9.17) is 6.57 Å². The zero-order chi connectivity index (χ0) is 13.8. The number of rotatable bonds is 1. The van der Waals surface area contributed by atoms with Gasteiger partial charge in [-0.3, -0.25) is 0 Å². The van der Waals surface area contributed by atoms with Gasteiger partial charge in [0.15, 0.2) is 5.69 Å². The molecule has 3 nitrogen and oxygen atoms in total. The van der Waals surface area contributed by atoms with Crippen LogP contribution in [-0.4, -0.2) is 18.1 Å². The number of halogens is 2. The van der Waals surface area contributed by atoms with E-state index < -0.39 is 0 Å². The second-order valence-corrected chi connectivity index (χ2v) is 4.65. The fourth-order valence-electron chi connectivity index (χ4n) is 2.72. The van der Waals surface area contributed by atoms with Gasteiger partial charge in [-0.1, -0.05) is 6.07 Å². The predicted octanol–water partition coefficient (Wildman–Crippen LogP) is 4.57. The molecule has 1 atom stereocenters. The standard InChI is InChI=1S/C14H15N3.I2/c1-15-9-3-5-13-11(7-9)12-8-10(16-2)4-6-14(12)17-13;1-2/h4,6,8-9,15,17H,3,5,7H2,1H3;. The summed E-state index contributed by atoms with van der Waals surface area (Å²) in [7, 11) is 2.02. The topological polar surface area (TPSA) is 32.2 Å². The second kappa shape index (κ2) is 6.90. The van der Waals surface area contributed by atoms with E-state index in [0.717, 1.165) is 18.5 Å². The third kappa shape index (κ3) is 3.06. The van der Waals surface area contributed by atoms with Crippen LogP contribution in [0.1, 0.15) is 17.7 Å². The molecule has 0 aliphatic heterocycles.